The Labute approximate surface area is 181 Å². The number of nitrogens with one attached hydrogen (secondary N) is 1. The third kappa shape index (κ3) is 4.53. The van der Waals surface area contributed by atoms with Crippen LogP contribution in [-0.2, 0) is 4.79 Å². The number of anilines is 1. The molecule has 0 radical (unpaired) electrons. The summed E-state index contributed by atoms with van der Waals surface area (Å²) in [5, 5.41) is 5.04. The fraction of sp³-hybridized carbons (Fsp3) is 0.0952. The van der Waals surface area contributed by atoms with E-state index in [4.69, 9.17) is 16.3 Å². The lowest BCUT2D eigenvalue weighted by molar-refractivity contribution is -0.113. The predicted molar refractivity (Wildman–Crippen MR) is 120 cm³/mol. The molecule has 1 N–H and O–H groups in total. The molecule has 0 saturated carbocycles. The van der Waals surface area contributed by atoms with Crippen molar-refractivity contribution in [3.63, 3.8) is 0 Å². The number of carbonyl (C=O) groups is 1. The number of thiophene rings is 1. The Morgan fingerprint density at radius 1 is 1.17 bits per heavy atom. The molecule has 0 bridgehead atoms. The largest absolute Gasteiger partial charge is 0.495 e. The van der Waals surface area contributed by atoms with Crippen molar-refractivity contribution >= 4 is 56.5 Å². The number of ether oxygens (including phenoxy) is 1. The highest BCUT2D eigenvalue weighted by molar-refractivity contribution is 8.00. The number of hydrogen-bond donors (Lipinski definition) is 1. The number of amides is 1. The molecule has 0 atom stereocenters. The summed E-state index contributed by atoms with van der Waals surface area (Å²) in [6.45, 7) is 0. The highest BCUT2D eigenvalue weighted by Gasteiger charge is 2.13. The number of benzene rings is 2. The van der Waals surface area contributed by atoms with Crippen LogP contribution in [0, 0.1) is 0 Å². The van der Waals surface area contributed by atoms with E-state index in [1.54, 1.807) is 36.6 Å². The van der Waals surface area contributed by atoms with Crippen LogP contribution >= 0.6 is 34.7 Å². The van der Waals surface area contributed by atoms with Gasteiger partial charge in [-0.1, -0.05) is 53.7 Å². The Balaban J connectivity index is 1.47. The minimum Gasteiger partial charge on any atom is -0.495 e. The zero-order valence-electron chi connectivity index (χ0n) is 15.4. The SMILES string of the molecule is COc1ccc(NC(=O)CSc2ncnc3sc(-c4ccccc4)cc23)cc1Cl. The summed E-state index contributed by atoms with van der Waals surface area (Å²) in [6, 6.07) is 17.4. The van der Waals surface area contributed by atoms with E-state index in [2.05, 4.69) is 33.5 Å². The zero-order chi connectivity index (χ0) is 20.2. The number of hydrogen-bond acceptors (Lipinski definition) is 6. The van der Waals surface area contributed by atoms with Crippen molar-refractivity contribution in [3.05, 3.63) is 65.9 Å². The smallest absolute Gasteiger partial charge is 0.234 e. The van der Waals surface area contributed by atoms with Gasteiger partial charge in [0, 0.05) is 16.0 Å². The standard InChI is InChI=1S/C21H16ClN3O2S2/c1-27-17-8-7-14(9-16(17)22)25-19(26)11-28-20-15-10-18(13-5-3-2-4-6-13)29-21(15)24-12-23-20/h2-10,12H,11H2,1H3,(H,25,26). The van der Waals surface area contributed by atoms with Crippen molar-refractivity contribution in [3.8, 4) is 16.2 Å². The predicted octanol–water partition coefficient (Wildman–Crippen LogP) is 5.75. The molecule has 0 aliphatic rings. The first-order valence-corrected chi connectivity index (χ1v) is 10.9. The molecule has 0 saturated heterocycles. The van der Waals surface area contributed by atoms with E-state index in [9.17, 15) is 4.79 Å². The molecule has 146 valence electrons. The van der Waals surface area contributed by atoms with Gasteiger partial charge in [0.25, 0.3) is 0 Å². The van der Waals surface area contributed by atoms with Crippen LogP contribution in [0.5, 0.6) is 5.75 Å². The number of nitrogens with zero attached hydrogens (tertiary/aromatic N) is 2. The molecule has 0 aliphatic heterocycles. The van der Waals surface area contributed by atoms with Crippen molar-refractivity contribution < 1.29 is 9.53 Å². The minimum atomic E-state index is -0.137. The summed E-state index contributed by atoms with van der Waals surface area (Å²) in [4.78, 5) is 23.1. The summed E-state index contributed by atoms with van der Waals surface area (Å²) in [7, 11) is 1.55. The van der Waals surface area contributed by atoms with Crippen LogP contribution in [-0.4, -0.2) is 28.7 Å². The Morgan fingerprint density at radius 3 is 2.76 bits per heavy atom. The van der Waals surface area contributed by atoms with E-state index < -0.39 is 0 Å². The van der Waals surface area contributed by atoms with Gasteiger partial charge in [0.05, 0.1) is 17.9 Å². The normalized spacial score (nSPS) is 10.8. The maximum atomic E-state index is 12.4. The van der Waals surface area contributed by atoms with E-state index in [0.29, 0.717) is 16.5 Å². The molecule has 0 spiro atoms. The van der Waals surface area contributed by atoms with Crippen molar-refractivity contribution in [2.45, 2.75) is 5.03 Å². The van der Waals surface area contributed by atoms with E-state index in [1.807, 2.05) is 18.2 Å². The third-order valence-corrected chi connectivity index (χ3v) is 6.52. The van der Waals surface area contributed by atoms with Gasteiger partial charge in [-0.3, -0.25) is 4.79 Å². The van der Waals surface area contributed by atoms with Crippen molar-refractivity contribution in [1.29, 1.82) is 0 Å². The Bertz CT molecular complexity index is 1170. The van der Waals surface area contributed by atoms with Gasteiger partial charge in [0.1, 0.15) is 21.9 Å². The number of rotatable bonds is 6. The molecule has 29 heavy (non-hydrogen) atoms. The number of thioether (sulfide) groups is 1. The molecule has 0 fully saturated rings. The van der Waals surface area contributed by atoms with Gasteiger partial charge in [0.2, 0.25) is 5.91 Å². The van der Waals surface area contributed by atoms with Gasteiger partial charge in [-0.25, -0.2) is 9.97 Å². The van der Waals surface area contributed by atoms with Gasteiger partial charge >= 0.3 is 0 Å². The first kappa shape index (κ1) is 19.7. The molecule has 1 amide bonds. The molecule has 2 aromatic heterocycles. The van der Waals surface area contributed by atoms with Crippen molar-refractivity contribution in [2.24, 2.45) is 0 Å². The number of halogens is 1. The topological polar surface area (TPSA) is 64.1 Å². The van der Waals surface area contributed by atoms with Crippen LogP contribution in [0.15, 0.2) is 66.0 Å². The van der Waals surface area contributed by atoms with E-state index in [-0.39, 0.29) is 11.7 Å². The Hall–Kier alpha value is -2.61. The van der Waals surface area contributed by atoms with Gasteiger partial charge in [-0.05, 0) is 29.8 Å². The van der Waals surface area contributed by atoms with Gasteiger partial charge in [0.15, 0.2) is 0 Å². The molecule has 2 aromatic carbocycles. The zero-order valence-corrected chi connectivity index (χ0v) is 17.8. The molecule has 0 unspecified atom stereocenters. The van der Waals surface area contributed by atoms with Gasteiger partial charge in [-0.2, -0.15) is 0 Å². The first-order chi connectivity index (χ1) is 14.1. The van der Waals surface area contributed by atoms with E-state index in [0.717, 1.165) is 25.7 Å². The fourth-order valence-corrected chi connectivity index (χ4v) is 4.87. The summed E-state index contributed by atoms with van der Waals surface area (Å²) < 4.78 is 5.12. The van der Waals surface area contributed by atoms with Crippen molar-refractivity contribution in [2.75, 3.05) is 18.2 Å². The monoisotopic (exact) mass is 441 g/mol. The lowest BCUT2D eigenvalue weighted by atomic mass is 10.2. The number of methoxy groups -OCH3 is 1. The summed E-state index contributed by atoms with van der Waals surface area (Å²) >= 11 is 9.11. The molecular weight excluding hydrogens is 426 g/mol. The fourth-order valence-electron chi connectivity index (χ4n) is 2.77. The summed E-state index contributed by atoms with van der Waals surface area (Å²) in [6.07, 6.45) is 1.54. The Morgan fingerprint density at radius 2 is 2.00 bits per heavy atom. The van der Waals surface area contributed by atoms with E-state index >= 15 is 0 Å². The minimum absolute atomic E-state index is 0.137. The van der Waals surface area contributed by atoms with Crippen LogP contribution in [0.4, 0.5) is 5.69 Å². The van der Waals surface area contributed by atoms with Gasteiger partial charge < -0.3 is 10.1 Å². The van der Waals surface area contributed by atoms with E-state index in [1.165, 1.54) is 18.1 Å². The summed E-state index contributed by atoms with van der Waals surface area (Å²) in [5.41, 5.74) is 1.76. The third-order valence-electron chi connectivity index (χ3n) is 4.13. The molecule has 5 nitrogen and oxygen atoms in total. The number of carbonyl (C=O) groups excluding carboxylic acids is 1. The molecule has 2 heterocycles. The van der Waals surface area contributed by atoms with Crippen LogP contribution in [0.3, 0.4) is 0 Å². The van der Waals surface area contributed by atoms with Crippen molar-refractivity contribution in [1.82, 2.24) is 9.97 Å². The second kappa shape index (κ2) is 8.82. The van der Waals surface area contributed by atoms with Crippen LogP contribution in [0.1, 0.15) is 0 Å². The summed E-state index contributed by atoms with van der Waals surface area (Å²) in [5.74, 6) is 0.655. The molecule has 4 rings (SSSR count). The maximum absolute atomic E-state index is 12.4. The highest BCUT2D eigenvalue weighted by Crippen LogP contribution is 2.36. The number of fused-ring (bicyclic) bond motifs is 1. The molecule has 8 heteroatoms. The Kier molecular flexibility index (Phi) is 5.99. The van der Waals surface area contributed by atoms with Crippen LogP contribution < -0.4 is 10.1 Å². The molecule has 0 aliphatic carbocycles. The quantitative estimate of drug-likeness (QED) is 0.305. The van der Waals surface area contributed by atoms with Crippen LogP contribution in [0.25, 0.3) is 20.7 Å². The second-order valence-electron chi connectivity index (χ2n) is 6.06. The lowest BCUT2D eigenvalue weighted by Crippen LogP contribution is -2.14. The second-order valence-corrected chi connectivity index (χ2v) is 8.46. The molecular formula is C21H16ClN3O2S2. The maximum Gasteiger partial charge on any atom is 0.234 e. The average molecular weight is 442 g/mol. The average Bonchev–Trinajstić information content (AvgIpc) is 3.18. The highest BCUT2D eigenvalue weighted by atomic mass is 35.5. The first-order valence-electron chi connectivity index (χ1n) is 8.70. The lowest BCUT2D eigenvalue weighted by Gasteiger charge is -2.08. The van der Waals surface area contributed by atoms with Crippen LogP contribution in [0.2, 0.25) is 5.02 Å². The molecule has 4 aromatic rings. The van der Waals surface area contributed by atoms with Gasteiger partial charge in [-0.15, -0.1) is 11.3 Å². The number of aromatic nitrogens is 2.